The summed E-state index contributed by atoms with van der Waals surface area (Å²) in [5.41, 5.74) is 2.12. The fourth-order valence-corrected chi connectivity index (χ4v) is 4.25. The monoisotopic (exact) mass is 470 g/mol. The van der Waals surface area contributed by atoms with Gasteiger partial charge in [-0.25, -0.2) is 4.98 Å². The molecule has 0 aliphatic carbocycles. The fourth-order valence-electron chi connectivity index (χ4n) is 2.66. The van der Waals surface area contributed by atoms with Crippen LogP contribution in [0.15, 0.2) is 64.2 Å². The van der Waals surface area contributed by atoms with E-state index in [2.05, 4.69) is 20.5 Å². The number of benzene rings is 2. The van der Waals surface area contributed by atoms with Crippen molar-refractivity contribution in [3.8, 4) is 22.7 Å². The summed E-state index contributed by atoms with van der Waals surface area (Å²) in [6.45, 7) is 1.48. The number of Topliss-reactive ketones (excluding diaryl/α,β-unsaturated/α-hetero) is 1. The summed E-state index contributed by atoms with van der Waals surface area (Å²) in [6.07, 6.45) is 0. The van der Waals surface area contributed by atoms with Crippen molar-refractivity contribution in [1.29, 1.82) is 0 Å². The lowest BCUT2D eigenvalue weighted by Crippen LogP contribution is -2.13. The third-order valence-corrected chi connectivity index (χ3v) is 6.21. The maximum Gasteiger partial charge on any atom is 0.277 e. The molecular formula is C21H15ClN4O3S2. The Morgan fingerprint density at radius 1 is 1.06 bits per heavy atom. The van der Waals surface area contributed by atoms with E-state index in [1.54, 1.807) is 24.3 Å². The predicted octanol–water partition coefficient (Wildman–Crippen LogP) is 5.45. The highest BCUT2D eigenvalue weighted by molar-refractivity contribution is 7.99. The molecule has 0 saturated heterocycles. The van der Waals surface area contributed by atoms with Gasteiger partial charge < -0.3 is 9.73 Å². The summed E-state index contributed by atoms with van der Waals surface area (Å²) in [5.74, 6) is 0.00220. The average molecular weight is 471 g/mol. The Balaban J connectivity index is 1.40. The summed E-state index contributed by atoms with van der Waals surface area (Å²) < 4.78 is 5.58. The molecule has 31 heavy (non-hydrogen) atoms. The SMILES string of the molecule is CC(=O)c1sc(NC(=O)CSc2nnc(-c3ccc(Cl)cc3)o2)nc1-c1ccccc1. The number of amides is 1. The van der Waals surface area contributed by atoms with E-state index in [0.29, 0.717) is 26.6 Å². The van der Waals surface area contributed by atoms with Crippen LogP contribution in [0.3, 0.4) is 0 Å². The zero-order valence-electron chi connectivity index (χ0n) is 16.2. The number of aromatic nitrogens is 3. The Labute approximate surface area is 190 Å². The minimum atomic E-state index is -0.292. The lowest BCUT2D eigenvalue weighted by molar-refractivity contribution is -0.113. The van der Waals surface area contributed by atoms with Crippen molar-refractivity contribution in [1.82, 2.24) is 15.2 Å². The van der Waals surface area contributed by atoms with Gasteiger partial charge in [0.2, 0.25) is 11.8 Å². The van der Waals surface area contributed by atoms with Crippen molar-refractivity contribution in [2.24, 2.45) is 0 Å². The van der Waals surface area contributed by atoms with Gasteiger partial charge in [0.1, 0.15) is 0 Å². The van der Waals surface area contributed by atoms with Gasteiger partial charge in [-0.15, -0.1) is 10.2 Å². The number of ketones is 1. The molecule has 156 valence electrons. The molecule has 0 fully saturated rings. The first-order valence-electron chi connectivity index (χ1n) is 9.09. The van der Waals surface area contributed by atoms with E-state index in [0.717, 1.165) is 34.2 Å². The zero-order chi connectivity index (χ0) is 21.8. The Hall–Kier alpha value is -3.01. The Morgan fingerprint density at radius 3 is 2.52 bits per heavy atom. The van der Waals surface area contributed by atoms with E-state index in [1.165, 1.54) is 6.92 Å². The molecule has 0 radical (unpaired) electrons. The van der Waals surface area contributed by atoms with Crippen LogP contribution in [-0.2, 0) is 4.79 Å². The summed E-state index contributed by atoms with van der Waals surface area (Å²) in [5, 5.41) is 11.9. The van der Waals surface area contributed by atoms with Crippen LogP contribution in [0, 0.1) is 0 Å². The molecule has 1 amide bonds. The fraction of sp³-hybridized carbons (Fsp3) is 0.0952. The first-order valence-corrected chi connectivity index (χ1v) is 11.3. The number of hydrogen-bond acceptors (Lipinski definition) is 8. The van der Waals surface area contributed by atoms with Gasteiger partial charge in [-0.3, -0.25) is 9.59 Å². The molecule has 0 aliphatic rings. The number of nitrogens with zero attached hydrogens (tertiary/aromatic N) is 3. The number of thiazole rings is 1. The van der Waals surface area contributed by atoms with Crippen LogP contribution < -0.4 is 5.32 Å². The van der Waals surface area contributed by atoms with E-state index >= 15 is 0 Å². The molecule has 0 spiro atoms. The lowest BCUT2D eigenvalue weighted by Gasteiger charge is -1.99. The number of carbonyl (C=O) groups is 2. The quantitative estimate of drug-likeness (QED) is 0.283. The molecule has 0 unspecified atom stereocenters. The van der Waals surface area contributed by atoms with Gasteiger partial charge in [0.05, 0.1) is 16.3 Å². The highest BCUT2D eigenvalue weighted by Gasteiger charge is 2.18. The highest BCUT2D eigenvalue weighted by atomic mass is 35.5. The molecule has 2 aromatic carbocycles. The molecule has 0 saturated carbocycles. The first-order chi connectivity index (χ1) is 15.0. The van der Waals surface area contributed by atoms with Gasteiger partial charge in [-0.1, -0.05) is 65.0 Å². The third-order valence-electron chi connectivity index (χ3n) is 4.06. The molecule has 2 aromatic heterocycles. The largest absolute Gasteiger partial charge is 0.411 e. The van der Waals surface area contributed by atoms with Gasteiger partial charge in [-0.2, -0.15) is 0 Å². The topological polar surface area (TPSA) is 98.0 Å². The highest BCUT2D eigenvalue weighted by Crippen LogP contribution is 2.32. The maximum absolute atomic E-state index is 12.4. The minimum absolute atomic E-state index is 0.0535. The van der Waals surface area contributed by atoms with E-state index < -0.39 is 0 Å². The minimum Gasteiger partial charge on any atom is -0.411 e. The van der Waals surface area contributed by atoms with Crippen LogP contribution in [-0.4, -0.2) is 32.6 Å². The molecule has 2 heterocycles. The van der Waals surface area contributed by atoms with Crippen molar-refractivity contribution in [3.05, 3.63) is 64.5 Å². The second kappa shape index (κ2) is 9.42. The second-order valence-electron chi connectivity index (χ2n) is 6.34. The number of halogens is 1. The molecule has 1 N–H and O–H groups in total. The molecule has 0 atom stereocenters. The van der Waals surface area contributed by atoms with Gasteiger partial charge in [0, 0.05) is 23.1 Å². The lowest BCUT2D eigenvalue weighted by atomic mass is 10.1. The Morgan fingerprint density at radius 2 is 1.81 bits per heavy atom. The molecule has 0 aliphatic heterocycles. The molecule has 4 aromatic rings. The third kappa shape index (κ3) is 5.19. The number of thioether (sulfide) groups is 1. The van der Waals surface area contributed by atoms with Crippen LogP contribution in [0.5, 0.6) is 0 Å². The van der Waals surface area contributed by atoms with E-state index in [9.17, 15) is 9.59 Å². The van der Waals surface area contributed by atoms with E-state index in [1.807, 2.05) is 30.3 Å². The molecule has 4 rings (SSSR count). The first kappa shape index (κ1) is 21.2. The van der Waals surface area contributed by atoms with E-state index in [-0.39, 0.29) is 22.7 Å². The van der Waals surface area contributed by atoms with Crippen LogP contribution in [0.25, 0.3) is 22.7 Å². The van der Waals surface area contributed by atoms with Crippen molar-refractivity contribution in [2.75, 3.05) is 11.1 Å². The molecular weight excluding hydrogens is 456 g/mol. The predicted molar refractivity (Wildman–Crippen MR) is 122 cm³/mol. The standard InChI is InChI=1S/C21H15ClN4O3S2/c1-12(27)18-17(13-5-3-2-4-6-13)24-20(31-18)23-16(28)11-30-21-26-25-19(29-21)14-7-9-15(22)10-8-14/h2-10H,11H2,1H3,(H,23,24,28). The van der Waals surface area contributed by atoms with E-state index in [4.69, 9.17) is 16.0 Å². The van der Waals surface area contributed by atoms with Crippen LogP contribution >= 0.6 is 34.7 Å². The average Bonchev–Trinajstić information content (AvgIpc) is 3.41. The van der Waals surface area contributed by atoms with Gasteiger partial charge in [0.15, 0.2) is 10.9 Å². The summed E-state index contributed by atoms with van der Waals surface area (Å²) >= 11 is 8.14. The number of rotatable bonds is 7. The van der Waals surface area contributed by atoms with Crippen LogP contribution in [0.2, 0.25) is 5.02 Å². The summed E-state index contributed by atoms with van der Waals surface area (Å²) in [7, 11) is 0. The zero-order valence-corrected chi connectivity index (χ0v) is 18.6. The van der Waals surface area contributed by atoms with Gasteiger partial charge in [0.25, 0.3) is 5.22 Å². The van der Waals surface area contributed by atoms with Crippen LogP contribution in [0.4, 0.5) is 5.13 Å². The Kier molecular flexibility index (Phi) is 6.45. The Bertz CT molecular complexity index is 1220. The van der Waals surface area contributed by atoms with Crippen molar-refractivity contribution in [2.45, 2.75) is 12.1 Å². The molecule has 7 nitrogen and oxygen atoms in total. The normalized spacial score (nSPS) is 10.8. The maximum atomic E-state index is 12.4. The summed E-state index contributed by atoms with van der Waals surface area (Å²) in [6, 6.07) is 16.4. The second-order valence-corrected chi connectivity index (χ2v) is 8.70. The van der Waals surface area contributed by atoms with Crippen LogP contribution in [0.1, 0.15) is 16.6 Å². The van der Waals surface area contributed by atoms with Gasteiger partial charge in [-0.05, 0) is 24.3 Å². The number of nitrogens with one attached hydrogen (secondary N) is 1. The number of hydrogen-bond donors (Lipinski definition) is 1. The van der Waals surface area contributed by atoms with Crippen molar-refractivity contribution in [3.63, 3.8) is 0 Å². The van der Waals surface area contributed by atoms with Crippen molar-refractivity contribution < 1.29 is 14.0 Å². The molecule has 0 bridgehead atoms. The smallest absolute Gasteiger partial charge is 0.277 e. The molecule has 10 heteroatoms. The number of carbonyl (C=O) groups excluding carboxylic acids is 2. The van der Waals surface area contributed by atoms with Crippen molar-refractivity contribution >= 4 is 51.5 Å². The summed E-state index contributed by atoms with van der Waals surface area (Å²) in [4.78, 5) is 29.3. The number of anilines is 1. The van der Waals surface area contributed by atoms with Gasteiger partial charge >= 0.3 is 0 Å².